The van der Waals surface area contributed by atoms with Gasteiger partial charge in [-0.15, -0.1) is 0 Å². The number of carbonyl (C=O) groups excluding carboxylic acids is 4. The summed E-state index contributed by atoms with van der Waals surface area (Å²) in [5.74, 6) is -5.96. The van der Waals surface area contributed by atoms with Crippen molar-refractivity contribution in [3.8, 4) is 0 Å². The molecule has 2 aliphatic heterocycles. The van der Waals surface area contributed by atoms with Gasteiger partial charge < -0.3 is 38.6 Å². The molecule has 266 valence electrons. The van der Waals surface area contributed by atoms with E-state index >= 15 is 0 Å². The number of esters is 4. The number of methoxy groups -OCH3 is 2. The number of rotatable bonds is 16. The molecule has 2 saturated heterocycles. The second-order valence-corrected chi connectivity index (χ2v) is 13.0. The number of hydrogen-bond donors (Lipinski definition) is 2. The van der Waals surface area contributed by atoms with E-state index < -0.39 is 65.8 Å². The topological polar surface area (TPSA) is 164 Å². The molecule has 0 spiro atoms. The van der Waals surface area contributed by atoms with Gasteiger partial charge in [0.1, 0.15) is 12.2 Å². The molecule has 1 aromatic rings. The van der Waals surface area contributed by atoms with Crippen molar-refractivity contribution in [1.82, 2.24) is 0 Å². The normalized spacial score (nSPS) is 28.9. The van der Waals surface area contributed by atoms with E-state index in [1.54, 1.807) is 6.08 Å². The van der Waals surface area contributed by atoms with Crippen LogP contribution in [0.1, 0.15) is 65.9 Å². The number of aliphatic hydroxyl groups is 2. The Morgan fingerprint density at radius 2 is 1.73 bits per heavy atom. The lowest BCUT2D eigenvalue weighted by Crippen LogP contribution is -2.74. The Kier molecular flexibility index (Phi) is 13.1. The Bertz CT molecular complexity index is 1340. The highest BCUT2D eigenvalue weighted by Gasteiger charge is 2.82. The molecule has 0 radical (unpaired) electrons. The van der Waals surface area contributed by atoms with E-state index in [2.05, 4.69) is 20.4 Å². The van der Waals surface area contributed by atoms with Gasteiger partial charge in [0.15, 0.2) is 11.9 Å². The third kappa shape index (κ3) is 7.99. The van der Waals surface area contributed by atoms with Gasteiger partial charge in [-0.3, -0.25) is 4.79 Å². The van der Waals surface area contributed by atoms with Crippen molar-refractivity contribution >= 4 is 23.9 Å². The third-order valence-electron chi connectivity index (χ3n) is 9.31. The Balaban J connectivity index is 1.95. The standard InChI is InChI=1S/C36H50O12/c1-9-22(2)19-23(3)15-16-28(38)47-31-30(39)35(45-21-34(42,32(40)43-7)36(31,48-35)33(41)44-8)18-17-24(4)29(46-26(6)37)25(5)20-27-13-11-10-12-14-27/h10-16,22-23,25,29-31,39,42H,4,9,17-21H2,1-3,5-8H3/b16-15+/t22-,23+,25+,29+,30+,31+,34+,35-,36-/m0/s1. The first kappa shape index (κ1) is 38.9. The SMILES string of the molecule is C=C(CC[C@]12OC[C@@](O)(C(=O)OC)[C@](C(=O)OC)(O1)[C@H](OC(=O)/C=C/[C@@H](C)C[C@@H](C)CC)[C@H]2O)[C@@H](OC(C)=O)[C@H](C)Cc1ccccc1. The summed E-state index contributed by atoms with van der Waals surface area (Å²) in [7, 11) is 1.98. The van der Waals surface area contributed by atoms with Crippen LogP contribution in [0.5, 0.6) is 0 Å². The summed E-state index contributed by atoms with van der Waals surface area (Å²) in [6.45, 7) is 12.6. The first-order chi connectivity index (χ1) is 22.6. The van der Waals surface area contributed by atoms with Gasteiger partial charge in [0.05, 0.1) is 20.8 Å². The van der Waals surface area contributed by atoms with Crippen molar-refractivity contribution in [1.29, 1.82) is 0 Å². The van der Waals surface area contributed by atoms with E-state index in [0.717, 1.165) is 38.7 Å². The first-order valence-electron chi connectivity index (χ1n) is 16.3. The Hall–Kier alpha value is -3.58. The van der Waals surface area contributed by atoms with Crippen LogP contribution in [-0.2, 0) is 54.0 Å². The molecule has 2 fully saturated rings. The number of benzene rings is 1. The monoisotopic (exact) mass is 674 g/mol. The molecular weight excluding hydrogens is 624 g/mol. The van der Waals surface area contributed by atoms with Gasteiger partial charge >= 0.3 is 23.9 Å². The number of ether oxygens (including phenoxy) is 6. The summed E-state index contributed by atoms with van der Waals surface area (Å²) in [6.07, 6.45) is 0.379. The molecule has 2 N–H and O–H groups in total. The highest BCUT2D eigenvalue weighted by Crippen LogP contribution is 2.54. The van der Waals surface area contributed by atoms with E-state index in [1.165, 1.54) is 6.92 Å². The maximum absolute atomic E-state index is 13.5. The van der Waals surface area contributed by atoms with Gasteiger partial charge in [-0.1, -0.05) is 77.1 Å². The zero-order valence-corrected chi connectivity index (χ0v) is 28.9. The molecular formula is C36H50O12. The fourth-order valence-electron chi connectivity index (χ4n) is 6.53. The van der Waals surface area contributed by atoms with Crippen LogP contribution in [0.25, 0.3) is 0 Å². The average Bonchev–Trinajstić information content (AvgIpc) is 3.28. The van der Waals surface area contributed by atoms with E-state index in [1.807, 2.05) is 44.2 Å². The van der Waals surface area contributed by atoms with Gasteiger partial charge in [-0.05, 0) is 42.2 Å². The van der Waals surface area contributed by atoms with Crippen LogP contribution in [0.15, 0.2) is 54.6 Å². The summed E-state index contributed by atoms with van der Waals surface area (Å²) in [5, 5.41) is 23.4. The van der Waals surface area contributed by atoms with Gasteiger partial charge in [0.2, 0.25) is 11.2 Å². The molecule has 0 saturated carbocycles. The van der Waals surface area contributed by atoms with Crippen molar-refractivity contribution < 1.29 is 57.8 Å². The summed E-state index contributed by atoms with van der Waals surface area (Å²) >= 11 is 0. The number of carbonyl (C=O) groups is 4. The lowest BCUT2D eigenvalue weighted by molar-refractivity contribution is -0.355. The van der Waals surface area contributed by atoms with E-state index in [9.17, 15) is 29.4 Å². The van der Waals surface area contributed by atoms with Crippen LogP contribution in [0.4, 0.5) is 0 Å². The van der Waals surface area contributed by atoms with Crippen LogP contribution < -0.4 is 0 Å². The largest absolute Gasteiger partial charge is 0.467 e. The fourth-order valence-corrected chi connectivity index (χ4v) is 6.53. The quantitative estimate of drug-likeness (QED) is 0.114. The Morgan fingerprint density at radius 1 is 1.08 bits per heavy atom. The van der Waals surface area contributed by atoms with Crippen molar-refractivity contribution in [3.63, 3.8) is 0 Å². The summed E-state index contributed by atoms with van der Waals surface area (Å²) in [5.41, 5.74) is -4.17. The molecule has 0 amide bonds. The maximum atomic E-state index is 13.5. The van der Waals surface area contributed by atoms with Gasteiger partial charge in [0, 0.05) is 25.3 Å². The zero-order valence-electron chi connectivity index (χ0n) is 28.9. The number of aliphatic hydroxyl groups excluding tert-OH is 1. The molecule has 12 heteroatoms. The predicted octanol–water partition coefficient (Wildman–Crippen LogP) is 3.61. The van der Waals surface area contributed by atoms with Gasteiger partial charge in [-0.2, -0.15) is 0 Å². The van der Waals surface area contributed by atoms with Crippen LogP contribution in [-0.4, -0.2) is 90.2 Å². The minimum absolute atomic E-state index is 0.00758. The lowest BCUT2D eigenvalue weighted by atomic mass is 9.78. The van der Waals surface area contributed by atoms with Crippen LogP contribution in [0.2, 0.25) is 0 Å². The van der Waals surface area contributed by atoms with E-state index in [-0.39, 0.29) is 24.7 Å². The number of allylic oxidation sites excluding steroid dienone is 1. The van der Waals surface area contributed by atoms with Gasteiger partial charge in [-0.25, -0.2) is 14.4 Å². The molecule has 0 unspecified atom stereocenters. The minimum Gasteiger partial charge on any atom is -0.467 e. The molecule has 2 bridgehead atoms. The second-order valence-electron chi connectivity index (χ2n) is 13.0. The molecule has 1 aromatic carbocycles. The van der Waals surface area contributed by atoms with Crippen LogP contribution in [0, 0.1) is 17.8 Å². The van der Waals surface area contributed by atoms with Gasteiger partial charge in [0.25, 0.3) is 0 Å². The molecule has 0 aromatic heterocycles. The summed E-state index contributed by atoms with van der Waals surface area (Å²) < 4.78 is 33.0. The maximum Gasteiger partial charge on any atom is 0.346 e. The second kappa shape index (κ2) is 16.2. The van der Waals surface area contributed by atoms with Crippen molar-refractivity contribution in [3.05, 3.63) is 60.2 Å². The molecule has 2 aliphatic rings. The molecule has 12 nitrogen and oxygen atoms in total. The molecule has 0 aliphatic carbocycles. The zero-order chi connectivity index (χ0) is 35.9. The van der Waals surface area contributed by atoms with Crippen molar-refractivity contribution in [2.45, 2.75) is 102 Å². The van der Waals surface area contributed by atoms with Crippen LogP contribution in [0.3, 0.4) is 0 Å². The average molecular weight is 675 g/mol. The smallest absolute Gasteiger partial charge is 0.346 e. The number of fused-ring (bicyclic) bond motifs is 2. The van der Waals surface area contributed by atoms with E-state index in [0.29, 0.717) is 17.9 Å². The van der Waals surface area contributed by atoms with Crippen LogP contribution >= 0.6 is 0 Å². The minimum atomic E-state index is -2.88. The van der Waals surface area contributed by atoms with E-state index in [4.69, 9.17) is 28.4 Å². The fraction of sp³-hybridized carbons (Fsp3) is 0.611. The molecule has 48 heavy (non-hydrogen) atoms. The molecule has 2 heterocycles. The molecule has 3 rings (SSSR count). The molecule has 9 atom stereocenters. The first-order valence-corrected chi connectivity index (χ1v) is 16.3. The Morgan fingerprint density at radius 3 is 2.31 bits per heavy atom. The highest BCUT2D eigenvalue weighted by molar-refractivity contribution is 5.95. The number of hydrogen-bond acceptors (Lipinski definition) is 12. The third-order valence-corrected chi connectivity index (χ3v) is 9.31. The highest BCUT2D eigenvalue weighted by atomic mass is 16.8. The summed E-state index contributed by atoms with van der Waals surface area (Å²) in [4.78, 5) is 51.8. The van der Waals surface area contributed by atoms with Crippen molar-refractivity contribution in [2.24, 2.45) is 17.8 Å². The van der Waals surface area contributed by atoms with Crippen molar-refractivity contribution in [2.75, 3.05) is 20.8 Å². The lowest BCUT2D eigenvalue weighted by Gasteiger charge is -2.46. The Labute approximate surface area is 282 Å². The summed E-state index contributed by atoms with van der Waals surface area (Å²) in [6, 6.07) is 9.63. The predicted molar refractivity (Wildman–Crippen MR) is 173 cm³/mol.